The lowest BCUT2D eigenvalue weighted by atomic mass is 9.61. The first-order valence-electron chi connectivity index (χ1n) is 6.50. The molecule has 2 nitrogen and oxygen atoms in total. The number of carbonyl (C=O) groups excluding carboxylic acids is 1. The van der Waals surface area contributed by atoms with Crippen LogP contribution in [-0.4, -0.2) is 17.0 Å². The van der Waals surface area contributed by atoms with Crippen LogP contribution < -0.4 is 0 Å². The van der Waals surface area contributed by atoms with E-state index in [-0.39, 0.29) is 22.7 Å². The summed E-state index contributed by atoms with van der Waals surface area (Å²) in [6.07, 6.45) is 0.383. The van der Waals surface area contributed by atoms with Gasteiger partial charge in [0.25, 0.3) is 0 Å². The number of rotatable bonds is 1. The second-order valence-corrected chi connectivity index (χ2v) is 6.64. The van der Waals surface area contributed by atoms with Crippen LogP contribution in [0, 0.1) is 0 Å². The molecule has 0 bridgehead atoms. The van der Waals surface area contributed by atoms with E-state index in [0.717, 1.165) is 17.5 Å². The normalized spacial score (nSPS) is 24.4. The van der Waals surface area contributed by atoms with Gasteiger partial charge >= 0.3 is 0 Å². The van der Waals surface area contributed by atoms with Gasteiger partial charge in [-0.15, -0.1) is 0 Å². The molecule has 0 saturated carbocycles. The Balaban J connectivity index is 2.68. The molecule has 2 rings (SSSR count). The maximum absolute atomic E-state index is 11.5. The van der Waals surface area contributed by atoms with Crippen LogP contribution in [0.15, 0.2) is 18.2 Å². The van der Waals surface area contributed by atoms with Crippen molar-refractivity contribution in [3.05, 3.63) is 34.9 Å². The molecule has 0 radical (unpaired) electrons. The summed E-state index contributed by atoms with van der Waals surface area (Å²) < 4.78 is 0. The highest BCUT2D eigenvalue weighted by molar-refractivity contribution is 5.94. The lowest BCUT2D eigenvalue weighted by Gasteiger charge is -2.45. The van der Waals surface area contributed by atoms with Gasteiger partial charge in [-0.05, 0) is 36.0 Å². The number of fused-ring (bicyclic) bond motifs is 1. The van der Waals surface area contributed by atoms with Gasteiger partial charge in [0.15, 0.2) is 5.78 Å². The largest absolute Gasteiger partial charge is 0.392 e. The van der Waals surface area contributed by atoms with Crippen LogP contribution in [0.1, 0.15) is 62.5 Å². The highest BCUT2D eigenvalue weighted by Gasteiger charge is 2.43. The maximum Gasteiger partial charge on any atom is 0.159 e. The molecule has 1 N–H and O–H groups in total. The summed E-state index contributed by atoms with van der Waals surface area (Å²) in [4.78, 5) is 11.5. The standard InChI is InChI=1S/C16H22O2/c1-10(17)11-6-7-12-13(8-11)16(4,5)14(18)9-15(12,2)3/h6-8,14,18H,9H2,1-5H3. The van der Waals surface area contributed by atoms with Gasteiger partial charge in [-0.2, -0.15) is 0 Å². The minimum atomic E-state index is -0.373. The number of carbonyl (C=O) groups is 1. The van der Waals surface area contributed by atoms with Crippen molar-refractivity contribution in [1.29, 1.82) is 0 Å². The number of ketones is 1. The van der Waals surface area contributed by atoms with Crippen LogP contribution in [0.4, 0.5) is 0 Å². The molecule has 0 saturated heterocycles. The van der Waals surface area contributed by atoms with Crippen LogP contribution in [-0.2, 0) is 10.8 Å². The van der Waals surface area contributed by atoms with Crippen LogP contribution in [0.25, 0.3) is 0 Å². The Morgan fingerprint density at radius 3 is 2.39 bits per heavy atom. The number of aliphatic hydroxyl groups excluding tert-OH is 1. The summed E-state index contributed by atoms with van der Waals surface area (Å²) in [6.45, 7) is 9.99. The Morgan fingerprint density at radius 1 is 1.22 bits per heavy atom. The van der Waals surface area contributed by atoms with Gasteiger partial charge < -0.3 is 5.11 Å². The first-order chi connectivity index (χ1) is 8.16. The summed E-state index contributed by atoms with van der Waals surface area (Å²) in [6, 6.07) is 5.91. The second-order valence-electron chi connectivity index (χ2n) is 6.64. The summed E-state index contributed by atoms with van der Waals surface area (Å²) in [5.74, 6) is 0.0754. The molecule has 1 aliphatic carbocycles. The monoisotopic (exact) mass is 246 g/mol. The topological polar surface area (TPSA) is 37.3 Å². The number of hydrogen-bond acceptors (Lipinski definition) is 2. The zero-order valence-corrected chi connectivity index (χ0v) is 11.9. The van der Waals surface area contributed by atoms with Crippen molar-refractivity contribution in [3.63, 3.8) is 0 Å². The molecule has 0 heterocycles. The molecule has 0 amide bonds. The number of hydrogen-bond donors (Lipinski definition) is 1. The number of Topliss-reactive ketones (excluding diaryl/α,β-unsaturated/α-hetero) is 1. The third-order valence-electron chi connectivity index (χ3n) is 4.39. The molecule has 1 aliphatic rings. The Hall–Kier alpha value is -1.15. The molecule has 0 aromatic heterocycles. The van der Waals surface area contributed by atoms with Crippen molar-refractivity contribution < 1.29 is 9.90 Å². The average Bonchev–Trinajstić information content (AvgIpc) is 2.26. The summed E-state index contributed by atoms with van der Waals surface area (Å²) in [5, 5.41) is 10.4. The van der Waals surface area contributed by atoms with Gasteiger partial charge in [0, 0.05) is 11.0 Å². The van der Waals surface area contributed by atoms with Gasteiger partial charge in [0.05, 0.1) is 6.10 Å². The summed E-state index contributed by atoms with van der Waals surface area (Å²) in [7, 11) is 0. The molecule has 98 valence electrons. The lowest BCUT2D eigenvalue weighted by Crippen LogP contribution is -2.45. The van der Waals surface area contributed by atoms with E-state index in [2.05, 4.69) is 33.8 Å². The van der Waals surface area contributed by atoms with Gasteiger partial charge in [-0.25, -0.2) is 0 Å². The number of benzene rings is 1. The minimum absolute atomic E-state index is 0.0421. The fourth-order valence-corrected chi connectivity index (χ4v) is 2.91. The molecular formula is C16H22O2. The van der Waals surface area contributed by atoms with Crippen molar-refractivity contribution in [2.45, 2.75) is 58.0 Å². The Morgan fingerprint density at radius 2 is 1.83 bits per heavy atom. The molecule has 0 aliphatic heterocycles. The molecule has 18 heavy (non-hydrogen) atoms. The SMILES string of the molecule is CC(=O)c1ccc2c(c1)C(C)(C)C(O)CC2(C)C. The second kappa shape index (κ2) is 3.92. The van der Waals surface area contributed by atoms with Crippen molar-refractivity contribution in [2.24, 2.45) is 0 Å². The van der Waals surface area contributed by atoms with Gasteiger partial charge in [-0.1, -0.05) is 39.8 Å². The third kappa shape index (κ3) is 1.89. The molecule has 1 aromatic rings. The van der Waals surface area contributed by atoms with E-state index in [9.17, 15) is 9.90 Å². The molecule has 2 heteroatoms. The van der Waals surface area contributed by atoms with Crippen LogP contribution in [0.5, 0.6) is 0 Å². The fraction of sp³-hybridized carbons (Fsp3) is 0.562. The molecule has 1 aromatic carbocycles. The van der Waals surface area contributed by atoms with Crippen molar-refractivity contribution in [2.75, 3.05) is 0 Å². The molecule has 0 fully saturated rings. The van der Waals surface area contributed by atoms with Gasteiger partial charge in [-0.3, -0.25) is 4.79 Å². The van der Waals surface area contributed by atoms with E-state index in [1.54, 1.807) is 6.92 Å². The van der Waals surface area contributed by atoms with Crippen LogP contribution in [0.2, 0.25) is 0 Å². The zero-order valence-electron chi connectivity index (χ0n) is 11.9. The molecule has 1 atom stereocenters. The average molecular weight is 246 g/mol. The quantitative estimate of drug-likeness (QED) is 0.773. The van der Waals surface area contributed by atoms with E-state index in [1.165, 1.54) is 5.56 Å². The predicted octanol–water partition coefficient (Wildman–Crippen LogP) is 3.21. The predicted molar refractivity (Wildman–Crippen MR) is 73.1 cm³/mol. The van der Waals surface area contributed by atoms with Crippen molar-refractivity contribution in [1.82, 2.24) is 0 Å². The lowest BCUT2D eigenvalue weighted by molar-refractivity contribution is 0.0582. The Labute approximate surface area is 109 Å². The van der Waals surface area contributed by atoms with E-state index in [1.807, 2.05) is 12.1 Å². The van der Waals surface area contributed by atoms with Crippen molar-refractivity contribution >= 4 is 5.78 Å². The Kier molecular flexibility index (Phi) is 2.90. The van der Waals surface area contributed by atoms with Crippen LogP contribution in [0.3, 0.4) is 0 Å². The van der Waals surface area contributed by atoms with E-state index < -0.39 is 0 Å². The van der Waals surface area contributed by atoms with E-state index in [0.29, 0.717) is 0 Å². The molecule has 0 spiro atoms. The van der Waals surface area contributed by atoms with Gasteiger partial charge in [0.1, 0.15) is 0 Å². The maximum atomic E-state index is 11.5. The summed E-state index contributed by atoms with van der Waals surface area (Å²) in [5.41, 5.74) is 2.75. The highest BCUT2D eigenvalue weighted by atomic mass is 16.3. The van der Waals surface area contributed by atoms with E-state index in [4.69, 9.17) is 0 Å². The first kappa shape index (κ1) is 13.3. The summed E-state index contributed by atoms with van der Waals surface area (Å²) >= 11 is 0. The number of aliphatic hydroxyl groups is 1. The highest BCUT2D eigenvalue weighted by Crippen LogP contribution is 2.46. The first-order valence-corrected chi connectivity index (χ1v) is 6.50. The Bertz CT molecular complexity index is 498. The zero-order chi connectivity index (χ0) is 13.7. The fourth-order valence-electron chi connectivity index (χ4n) is 2.91. The van der Waals surface area contributed by atoms with Gasteiger partial charge in [0.2, 0.25) is 0 Å². The van der Waals surface area contributed by atoms with Crippen molar-refractivity contribution in [3.8, 4) is 0 Å². The smallest absolute Gasteiger partial charge is 0.159 e. The molecular weight excluding hydrogens is 224 g/mol. The third-order valence-corrected chi connectivity index (χ3v) is 4.39. The van der Waals surface area contributed by atoms with Crippen LogP contribution >= 0.6 is 0 Å². The molecule has 1 unspecified atom stereocenters. The minimum Gasteiger partial charge on any atom is -0.392 e. The van der Waals surface area contributed by atoms with E-state index >= 15 is 0 Å².